The monoisotopic (exact) mass is 303 g/mol. The highest BCUT2D eigenvalue weighted by Gasteiger charge is 2.09. The average Bonchev–Trinajstić information content (AvgIpc) is 2.73. The summed E-state index contributed by atoms with van der Waals surface area (Å²) < 4.78 is 7.75. The van der Waals surface area contributed by atoms with Gasteiger partial charge in [-0.1, -0.05) is 19.1 Å². The Hall–Kier alpha value is -1.88. The third-order valence-electron chi connectivity index (χ3n) is 3.60. The molecule has 112 valence electrons. The van der Waals surface area contributed by atoms with Crippen LogP contribution in [0.25, 0.3) is 0 Å². The summed E-state index contributed by atoms with van der Waals surface area (Å²) in [6.07, 6.45) is 1.01. The van der Waals surface area contributed by atoms with Crippen LogP contribution in [0.3, 0.4) is 0 Å². The van der Waals surface area contributed by atoms with Crippen molar-refractivity contribution in [3.8, 4) is 5.75 Å². The second kappa shape index (κ2) is 6.72. The first-order valence-electron chi connectivity index (χ1n) is 7.08. The maximum Gasteiger partial charge on any atom is 0.119 e. The molecule has 0 amide bonds. The summed E-state index contributed by atoms with van der Waals surface area (Å²) >= 11 is 4.92. The number of nitrogens with zero attached hydrogens (tertiary/aromatic N) is 2. The van der Waals surface area contributed by atoms with Gasteiger partial charge in [0.15, 0.2) is 0 Å². The van der Waals surface area contributed by atoms with Gasteiger partial charge >= 0.3 is 0 Å². The minimum absolute atomic E-state index is 0.399. The molecule has 0 saturated carbocycles. The van der Waals surface area contributed by atoms with Crippen molar-refractivity contribution in [3.63, 3.8) is 0 Å². The Labute approximate surface area is 130 Å². The Bertz CT molecular complexity index is 632. The predicted molar refractivity (Wildman–Crippen MR) is 88.9 cm³/mol. The van der Waals surface area contributed by atoms with Gasteiger partial charge in [-0.3, -0.25) is 4.68 Å². The third-order valence-corrected chi connectivity index (χ3v) is 3.83. The number of ether oxygens (including phenoxy) is 1. The zero-order valence-corrected chi connectivity index (χ0v) is 13.5. The summed E-state index contributed by atoms with van der Waals surface area (Å²) in [5.41, 5.74) is 10.1. The number of hydrogen-bond acceptors (Lipinski definition) is 3. The van der Waals surface area contributed by atoms with Gasteiger partial charge in [-0.15, -0.1) is 0 Å². The second-order valence-corrected chi connectivity index (χ2v) is 5.40. The zero-order chi connectivity index (χ0) is 15.4. The van der Waals surface area contributed by atoms with Crippen molar-refractivity contribution in [1.82, 2.24) is 9.78 Å². The fourth-order valence-electron chi connectivity index (χ4n) is 2.43. The van der Waals surface area contributed by atoms with E-state index in [-0.39, 0.29) is 0 Å². The van der Waals surface area contributed by atoms with E-state index in [1.165, 1.54) is 11.3 Å². The number of benzene rings is 1. The molecule has 5 heteroatoms. The van der Waals surface area contributed by atoms with Crippen molar-refractivity contribution in [1.29, 1.82) is 0 Å². The zero-order valence-electron chi connectivity index (χ0n) is 12.7. The van der Waals surface area contributed by atoms with Gasteiger partial charge in [0, 0.05) is 11.3 Å². The lowest BCUT2D eigenvalue weighted by Crippen LogP contribution is -2.12. The standard InChI is InChI=1S/C16H21N3OS/c1-4-15-11(2)18-19(12(15)3)9-10-20-14-7-5-13(6-8-14)16(17)21/h5-8H,4,9-10H2,1-3H3,(H2,17,21). The van der Waals surface area contributed by atoms with Crippen molar-refractivity contribution in [2.24, 2.45) is 5.73 Å². The van der Waals surface area contributed by atoms with Gasteiger partial charge in [0.2, 0.25) is 0 Å². The molecule has 0 spiro atoms. The lowest BCUT2D eigenvalue weighted by Gasteiger charge is -2.08. The van der Waals surface area contributed by atoms with Gasteiger partial charge in [-0.25, -0.2) is 0 Å². The Kier molecular flexibility index (Phi) is 4.96. The first-order chi connectivity index (χ1) is 10.0. The molecule has 0 saturated heterocycles. The van der Waals surface area contributed by atoms with E-state index in [4.69, 9.17) is 22.7 Å². The molecular weight excluding hydrogens is 282 g/mol. The molecule has 0 aliphatic carbocycles. The highest BCUT2D eigenvalue weighted by Crippen LogP contribution is 2.15. The van der Waals surface area contributed by atoms with Gasteiger partial charge in [0.25, 0.3) is 0 Å². The van der Waals surface area contributed by atoms with E-state index in [2.05, 4.69) is 25.9 Å². The lowest BCUT2D eigenvalue weighted by atomic mass is 10.1. The first kappa shape index (κ1) is 15.5. The molecule has 0 aliphatic heterocycles. The largest absolute Gasteiger partial charge is 0.492 e. The fourth-order valence-corrected chi connectivity index (χ4v) is 2.56. The quantitative estimate of drug-likeness (QED) is 0.834. The summed E-state index contributed by atoms with van der Waals surface area (Å²) in [7, 11) is 0. The number of nitrogens with two attached hydrogens (primary N) is 1. The maximum atomic E-state index is 5.74. The molecule has 0 fully saturated rings. The summed E-state index contributed by atoms with van der Waals surface area (Å²) in [4.78, 5) is 0.399. The highest BCUT2D eigenvalue weighted by atomic mass is 32.1. The van der Waals surface area contributed by atoms with Crippen LogP contribution >= 0.6 is 12.2 Å². The van der Waals surface area contributed by atoms with Crippen LogP contribution in [0.2, 0.25) is 0 Å². The van der Waals surface area contributed by atoms with Crippen molar-refractivity contribution >= 4 is 17.2 Å². The minimum atomic E-state index is 0.399. The molecule has 4 nitrogen and oxygen atoms in total. The molecule has 0 atom stereocenters. The van der Waals surface area contributed by atoms with Gasteiger partial charge in [-0.2, -0.15) is 5.10 Å². The topological polar surface area (TPSA) is 53.1 Å². The van der Waals surface area contributed by atoms with Crippen molar-refractivity contribution in [3.05, 3.63) is 46.8 Å². The summed E-state index contributed by atoms with van der Waals surface area (Å²) in [5, 5.41) is 4.55. The SMILES string of the molecule is CCc1c(C)nn(CCOc2ccc(C(N)=S)cc2)c1C. The summed E-state index contributed by atoms with van der Waals surface area (Å²) in [5.74, 6) is 0.812. The molecule has 1 heterocycles. The van der Waals surface area contributed by atoms with Crippen LogP contribution in [-0.4, -0.2) is 21.4 Å². The smallest absolute Gasteiger partial charge is 0.119 e. The third kappa shape index (κ3) is 3.61. The second-order valence-electron chi connectivity index (χ2n) is 4.96. The number of rotatable bonds is 6. The first-order valence-corrected chi connectivity index (χ1v) is 7.49. The molecule has 0 radical (unpaired) electrons. The van der Waals surface area contributed by atoms with Crippen LogP contribution in [0.1, 0.15) is 29.4 Å². The average molecular weight is 303 g/mol. The molecule has 2 aromatic rings. The number of aryl methyl sites for hydroxylation is 1. The molecular formula is C16H21N3OS. The van der Waals surface area contributed by atoms with E-state index in [0.717, 1.165) is 30.0 Å². The molecule has 2 rings (SSSR count). The Morgan fingerprint density at radius 3 is 2.48 bits per heavy atom. The van der Waals surface area contributed by atoms with Crippen LogP contribution in [0.15, 0.2) is 24.3 Å². The fraction of sp³-hybridized carbons (Fsp3) is 0.375. The number of hydrogen-bond donors (Lipinski definition) is 1. The van der Waals surface area contributed by atoms with Crippen molar-refractivity contribution in [2.45, 2.75) is 33.7 Å². The van der Waals surface area contributed by atoms with Gasteiger partial charge in [0.1, 0.15) is 17.3 Å². The van der Waals surface area contributed by atoms with Gasteiger partial charge in [-0.05, 0) is 50.1 Å². The van der Waals surface area contributed by atoms with Crippen LogP contribution < -0.4 is 10.5 Å². The molecule has 1 aromatic heterocycles. The van der Waals surface area contributed by atoms with Crippen molar-refractivity contribution < 1.29 is 4.74 Å². The highest BCUT2D eigenvalue weighted by molar-refractivity contribution is 7.80. The van der Waals surface area contributed by atoms with E-state index in [1.54, 1.807) is 0 Å². The van der Waals surface area contributed by atoms with E-state index < -0.39 is 0 Å². The Balaban J connectivity index is 1.94. The van der Waals surface area contributed by atoms with E-state index >= 15 is 0 Å². The van der Waals surface area contributed by atoms with Crippen LogP contribution in [0.5, 0.6) is 5.75 Å². The Morgan fingerprint density at radius 1 is 1.29 bits per heavy atom. The normalized spacial score (nSPS) is 10.6. The van der Waals surface area contributed by atoms with E-state index in [1.807, 2.05) is 28.9 Å². The summed E-state index contributed by atoms with van der Waals surface area (Å²) in [6.45, 7) is 7.63. The van der Waals surface area contributed by atoms with Crippen LogP contribution in [0, 0.1) is 13.8 Å². The van der Waals surface area contributed by atoms with Gasteiger partial charge < -0.3 is 10.5 Å². The van der Waals surface area contributed by atoms with E-state index in [0.29, 0.717) is 11.6 Å². The number of thiocarbonyl (C=S) groups is 1. The molecule has 0 unspecified atom stereocenters. The number of aromatic nitrogens is 2. The molecule has 21 heavy (non-hydrogen) atoms. The van der Waals surface area contributed by atoms with Gasteiger partial charge in [0.05, 0.1) is 12.2 Å². The van der Waals surface area contributed by atoms with Crippen LogP contribution in [-0.2, 0) is 13.0 Å². The van der Waals surface area contributed by atoms with Crippen molar-refractivity contribution in [2.75, 3.05) is 6.61 Å². The predicted octanol–water partition coefficient (Wildman–Crippen LogP) is 2.78. The molecule has 2 N–H and O–H groups in total. The van der Waals surface area contributed by atoms with Crippen LogP contribution in [0.4, 0.5) is 0 Å². The molecule has 0 bridgehead atoms. The molecule has 0 aliphatic rings. The maximum absolute atomic E-state index is 5.74. The minimum Gasteiger partial charge on any atom is -0.492 e. The molecule has 1 aromatic carbocycles. The summed E-state index contributed by atoms with van der Waals surface area (Å²) in [6, 6.07) is 7.51. The lowest BCUT2D eigenvalue weighted by molar-refractivity contribution is 0.289. The van der Waals surface area contributed by atoms with E-state index in [9.17, 15) is 0 Å². The Morgan fingerprint density at radius 2 is 1.95 bits per heavy atom.